The molecule has 0 saturated carbocycles. The predicted octanol–water partition coefficient (Wildman–Crippen LogP) is 2.59. The fourth-order valence-electron chi connectivity index (χ4n) is 2.75. The molecule has 27 heavy (non-hydrogen) atoms. The van der Waals surface area contributed by atoms with Gasteiger partial charge in [-0.05, 0) is 32.4 Å². The summed E-state index contributed by atoms with van der Waals surface area (Å²) in [6.07, 6.45) is 3.43. The Morgan fingerprint density at radius 1 is 1.26 bits per heavy atom. The molecule has 1 aromatic rings. The first-order valence-corrected chi connectivity index (χ1v) is 9.38. The van der Waals surface area contributed by atoms with E-state index in [1.54, 1.807) is 0 Å². The number of amides is 1. The minimum Gasteiger partial charge on any atom is -0.444 e. The SMILES string of the molecule is CC(C)(C)OC(=O)NC/C=C/CNc1c(N)cccc1CN1CCOCC1. The third-order valence-electron chi connectivity index (χ3n) is 4.01. The van der Waals surface area contributed by atoms with E-state index in [0.717, 1.165) is 44.2 Å². The molecule has 0 aliphatic carbocycles. The highest BCUT2D eigenvalue weighted by Crippen LogP contribution is 2.25. The van der Waals surface area contributed by atoms with Gasteiger partial charge in [-0.1, -0.05) is 24.3 Å². The van der Waals surface area contributed by atoms with Crippen LogP contribution in [-0.4, -0.2) is 56.0 Å². The van der Waals surface area contributed by atoms with Gasteiger partial charge in [0, 0.05) is 32.7 Å². The minimum atomic E-state index is -0.489. The number of nitrogen functional groups attached to an aromatic ring is 1. The lowest BCUT2D eigenvalue weighted by molar-refractivity contribution is 0.0343. The van der Waals surface area contributed by atoms with Crippen molar-refractivity contribution in [2.24, 2.45) is 0 Å². The molecular weight excluding hydrogens is 344 g/mol. The van der Waals surface area contributed by atoms with Crippen molar-refractivity contribution in [1.82, 2.24) is 10.2 Å². The van der Waals surface area contributed by atoms with Crippen LogP contribution < -0.4 is 16.4 Å². The molecule has 1 saturated heterocycles. The summed E-state index contributed by atoms with van der Waals surface area (Å²) in [7, 11) is 0. The topological polar surface area (TPSA) is 88.8 Å². The number of morpholine rings is 1. The summed E-state index contributed by atoms with van der Waals surface area (Å²) in [5.74, 6) is 0. The first-order chi connectivity index (χ1) is 12.8. The molecule has 1 aromatic carbocycles. The quantitative estimate of drug-likeness (QED) is 0.501. The fraction of sp³-hybridized carbons (Fsp3) is 0.550. The van der Waals surface area contributed by atoms with Crippen LogP contribution in [0.1, 0.15) is 26.3 Å². The van der Waals surface area contributed by atoms with Crippen molar-refractivity contribution in [3.63, 3.8) is 0 Å². The standard InChI is InChI=1S/C20H32N4O3/c1-20(2,3)27-19(25)23-10-5-4-9-22-18-16(7-6-8-17(18)21)15-24-11-13-26-14-12-24/h4-8,22H,9-15,21H2,1-3H3,(H,23,25)/b5-4+. The Morgan fingerprint density at radius 2 is 1.96 bits per heavy atom. The second kappa shape index (κ2) is 10.2. The number of hydrogen-bond acceptors (Lipinski definition) is 6. The summed E-state index contributed by atoms with van der Waals surface area (Å²) in [6, 6.07) is 5.98. The van der Waals surface area contributed by atoms with Crippen LogP contribution in [0.4, 0.5) is 16.2 Å². The van der Waals surface area contributed by atoms with Gasteiger partial charge in [-0.15, -0.1) is 0 Å². The predicted molar refractivity (Wildman–Crippen MR) is 109 cm³/mol. The molecule has 1 aliphatic rings. The number of alkyl carbamates (subject to hydrolysis) is 1. The Morgan fingerprint density at radius 3 is 2.67 bits per heavy atom. The Hall–Kier alpha value is -2.25. The number of carbonyl (C=O) groups is 1. The van der Waals surface area contributed by atoms with E-state index in [2.05, 4.69) is 21.6 Å². The number of nitrogens with zero attached hydrogens (tertiary/aromatic N) is 1. The Bertz CT molecular complexity index is 635. The number of rotatable bonds is 7. The number of nitrogens with one attached hydrogen (secondary N) is 2. The third-order valence-corrected chi connectivity index (χ3v) is 4.01. The molecule has 0 radical (unpaired) electrons. The maximum absolute atomic E-state index is 11.6. The van der Waals surface area contributed by atoms with E-state index in [9.17, 15) is 4.79 Å². The lowest BCUT2D eigenvalue weighted by atomic mass is 10.1. The van der Waals surface area contributed by atoms with Gasteiger partial charge in [-0.25, -0.2) is 4.79 Å². The summed E-state index contributed by atoms with van der Waals surface area (Å²) in [6.45, 7) is 10.8. The summed E-state index contributed by atoms with van der Waals surface area (Å²) >= 11 is 0. The molecule has 1 aliphatic heterocycles. The number of anilines is 2. The first-order valence-electron chi connectivity index (χ1n) is 9.38. The van der Waals surface area contributed by atoms with Gasteiger partial charge in [0.1, 0.15) is 5.60 Å². The smallest absolute Gasteiger partial charge is 0.407 e. The van der Waals surface area contributed by atoms with Crippen LogP contribution in [0.3, 0.4) is 0 Å². The summed E-state index contributed by atoms with van der Waals surface area (Å²) < 4.78 is 10.6. The molecule has 0 unspecified atom stereocenters. The van der Waals surface area contributed by atoms with E-state index in [-0.39, 0.29) is 0 Å². The molecule has 150 valence electrons. The number of benzene rings is 1. The van der Waals surface area contributed by atoms with Crippen molar-refractivity contribution >= 4 is 17.5 Å². The number of hydrogen-bond donors (Lipinski definition) is 3. The van der Waals surface area contributed by atoms with Crippen molar-refractivity contribution in [2.75, 3.05) is 50.4 Å². The van der Waals surface area contributed by atoms with Crippen LogP contribution >= 0.6 is 0 Å². The zero-order chi connectivity index (χ0) is 19.7. The van der Waals surface area contributed by atoms with Crippen molar-refractivity contribution in [3.05, 3.63) is 35.9 Å². The van der Waals surface area contributed by atoms with Crippen LogP contribution in [0.25, 0.3) is 0 Å². The summed E-state index contributed by atoms with van der Waals surface area (Å²) in [5.41, 5.74) is 8.55. The Labute approximate surface area is 161 Å². The molecule has 1 heterocycles. The molecule has 0 bridgehead atoms. The molecule has 7 heteroatoms. The van der Waals surface area contributed by atoms with E-state index < -0.39 is 11.7 Å². The van der Waals surface area contributed by atoms with E-state index in [1.807, 2.05) is 45.1 Å². The van der Waals surface area contributed by atoms with E-state index in [1.165, 1.54) is 5.56 Å². The van der Waals surface area contributed by atoms with Gasteiger partial charge in [-0.3, -0.25) is 4.90 Å². The molecule has 0 spiro atoms. The van der Waals surface area contributed by atoms with Crippen LogP contribution in [0.15, 0.2) is 30.4 Å². The van der Waals surface area contributed by atoms with Gasteiger partial charge in [0.15, 0.2) is 0 Å². The van der Waals surface area contributed by atoms with Crippen LogP contribution in [0, 0.1) is 0 Å². The number of carbonyl (C=O) groups excluding carboxylic acids is 1. The molecule has 7 nitrogen and oxygen atoms in total. The van der Waals surface area contributed by atoms with Crippen molar-refractivity contribution in [1.29, 1.82) is 0 Å². The lowest BCUT2D eigenvalue weighted by Crippen LogP contribution is -2.35. The third kappa shape index (κ3) is 7.88. The first kappa shape index (κ1) is 21.1. The number of ether oxygens (including phenoxy) is 2. The molecule has 2 rings (SSSR count). The normalized spacial score (nSPS) is 15.7. The second-order valence-electron chi connectivity index (χ2n) is 7.50. The van der Waals surface area contributed by atoms with Gasteiger partial charge in [0.25, 0.3) is 0 Å². The second-order valence-corrected chi connectivity index (χ2v) is 7.50. The van der Waals surface area contributed by atoms with Gasteiger partial charge < -0.3 is 25.8 Å². The Balaban J connectivity index is 1.80. The van der Waals surface area contributed by atoms with Crippen LogP contribution in [0.2, 0.25) is 0 Å². The molecular formula is C20H32N4O3. The average molecular weight is 377 g/mol. The van der Waals surface area contributed by atoms with Gasteiger partial charge >= 0.3 is 6.09 Å². The fourth-order valence-corrected chi connectivity index (χ4v) is 2.75. The largest absolute Gasteiger partial charge is 0.444 e. The molecule has 1 amide bonds. The lowest BCUT2D eigenvalue weighted by Gasteiger charge is -2.27. The minimum absolute atomic E-state index is 0.416. The number of para-hydroxylation sites is 1. The maximum atomic E-state index is 11.6. The van der Waals surface area contributed by atoms with Gasteiger partial charge in [0.2, 0.25) is 0 Å². The zero-order valence-corrected chi connectivity index (χ0v) is 16.6. The molecule has 1 fully saturated rings. The highest BCUT2D eigenvalue weighted by atomic mass is 16.6. The monoisotopic (exact) mass is 376 g/mol. The van der Waals surface area contributed by atoms with Gasteiger partial charge in [-0.2, -0.15) is 0 Å². The zero-order valence-electron chi connectivity index (χ0n) is 16.6. The van der Waals surface area contributed by atoms with Crippen molar-refractivity contribution in [3.8, 4) is 0 Å². The summed E-state index contributed by atoms with van der Waals surface area (Å²) in [4.78, 5) is 13.9. The summed E-state index contributed by atoms with van der Waals surface area (Å²) in [5, 5.41) is 6.08. The van der Waals surface area contributed by atoms with Crippen LogP contribution in [-0.2, 0) is 16.0 Å². The van der Waals surface area contributed by atoms with Crippen molar-refractivity contribution in [2.45, 2.75) is 32.9 Å². The van der Waals surface area contributed by atoms with E-state index in [4.69, 9.17) is 15.2 Å². The maximum Gasteiger partial charge on any atom is 0.407 e. The molecule has 0 atom stereocenters. The molecule has 0 aromatic heterocycles. The van der Waals surface area contributed by atoms with Crippen LogP contribution in [0.5, 0.6) is 0 Å². The highest BCUT2D eigenvalue weighted by Gasteiger charge is 2.15. The average Bonchev–Trinajstić information content (AvgIpc) is 2.59. The highest BCUT2D eigenvalue weighted by molar-refractivity contribution is 5.70. The van der Waals surface area contributed by atoms with E-state index in [0.29, 0.717) is 13.1 Å². The van der Waals surface area contributed by atoms with Crippen molar-refractivity contribution < 1.29 is 14.3 Å². The number of nitrogens with two attached hydrogens (primary N) is 1. The Kier molecular flexibility index (Phi) is 7.94. The van der Waals surface area contributed by atoms with Gasteiger partial charge in [0.05, 0.1) is 24.6 Å². The van der Waals surface area contributed by atoms with E-state index >= 15 is 0 Å². The molecule has 4 N–H and O–H groups in total.